The monoisotopic (exact) mass is 257 g/mol. The van der Waals surface area contributed by atoms with Crippen molar-refractivity contribution >= 4 is 11.6 Å². The van der Waals surface area contributed by atoms with Crippen molar-refractivity contribution in [3.05, 3.63) is 59.7 Å². The summed E-state index contributed by atoms with van der Waals surface area (Å²) >= 11 is 0. The zero-order valence-corrected chi connectivity index (χ0v) is 10.6. The van der Waals surface area contributed by atoms with Crippen LogP contribution in [0.15, 0.2) is 48.5 Å². The third-order valence-electron chi connectivity index (χ3n) is 2.71. The largest absolute Gasteiger partial charge is 0.506 e. The fourth-order valence-corrected chi connectivity index (χ4v) is 1.79. The van der Waals surface area contributed by atoms with Crippen LogP contribution in [0.4, 0.5) is 5.69 Å². The first-order valence-electron chi connectivity index (χ1n) is 5.88. The molecule has 0 fully saturated rings. The normalized spacial score (nSPS) is 10.2. The molecule has 2 aromatic rings. The first-order valence-corrected chi connectivity index (χ1v) is 5.88. The van der Waals surface area contributed by atoms with Gasteiger partial charge in [-0.05, 0) is 23.8 Å². The number of phenolic OH excluding ortho intramolecular Hbond substituents is 1. The van der Waals surface area contributed by atoms with E-state index in [1.54, 1.807) is 37.4 Å². The van der Waals surface area contributed by atoms with Crippen LogP contribution in [0.1, 0.15) is 15.9 Å². The lowest BCUT2D eigenvalue weighted by Crippen LogP contribution is -2.14. The Bertz CT molecular complexity index is 581. The number of methoxy groups -OCH3 is 1. The maximum Gasteiger partial charge on any atom is 0.256 e. The molecule has 19 heavy (non-hydrogen) atoms. The van der Waals surface area contributed by atoms with Crippen LogP contribution in [-0.2, 0) is 11.3 Å². The van der Waals surface area contributed by atoms with Crippen LogP contribution < -0.4 is 5.32 Å². The van der Waals surface area contributed by atoms with Gasteiger partial charge in [0.2, 0.25) is 0 Å². The van der Waals surface area contributed by atoms with E-state index in [1.807, 2.05) is 12.1 Å². The van der Waals surface area contributed by atoms with E-state index in [4.69, 9.17) is 4.74 Å². The van der Waals surface area contributed by atoms with E-state index >= 15 is 0 Å². The van der Waals surface area contributed by atoms with Gasteiger partial charge in [0.1, 0.15) is 5.75 Å². The molecule has 0 atom stereocenters. The molecule has 4 nitrogen and oxygen atoms in total. The average Bonchev–Trinajstić information content (AvgIpc) is 2.42. The van der Waals surface area contributed by atoms with Gasteiger partial charge in [0.15, 0.2) is 0 Å². The van der Waals surface area contributed by atoms with E-state index in [0.29, 0.717) is 17.9 Å². The lowest BCUT2D eigenvalue weighted by molar-refractivity contribution is 0.102. The second kappa shape index (κ2) is 6.02. The molecule has 0 aliphatic rings. The molecule has 4 heteroatoms. The summed E-state index contributed by atoms with van der Waals surface area (Å²) in [5.74, 6) is -0.228. The highest BCUT2D eigenvalue weighted by atomic mass is 16.5. The number of carbonyl (C=O) groups excluding carboxylic acids is 1. The van der Waals surface area contributed by atoms with Crippen molar-refractivity contribution in [1.29, 1.82) is 0 Å². The highest BCUT2D eigenvalue weighted by Gasteiger charge is 2.12. The molecule has 0 radical (unpaired) electrons. The second-order valence-electron chi connectivity index (χ2n) is 4.06. The van der Waals surface area contributed by atoms with Crippen LogP contribution >= 0.6 is 0 Å². The van der Waals surface area contributed by atoms with E-state index in [1.165, 1.54) is 6.07 Å². The maximum atomic E-state index is 12.2. The van der Waals surface area contributed by atoms with E-state index in [9.17, 15) is 9.90 Å². The summed E-state index contributed by atoms with van der Waals surface area (Å²) in [4.78, 5) is 12.2. The van der Waals surface area contributed by atoms with Gasteiger partial charge < -0.3 is 15.2 Å². The Morgan fingerprint density at radius 2 is 1.84 bits per heavy atom. The molecule has 98 valence electrons. The van der Waals surface area contributed by atoms with Crippen LogP contribution in [0.25, 0.3) is 0 Å². The summed E-state index contributed by atoms with van der Waals surface area (Å²) < 4.78 is 5.06. The van der Waals surface area contributed by atoms with E-state index in [-0.39, 0.29) is 11.7 Å². The lowest BCUT2D eigenvalue weighted by atomic mass is 10.1. The van der Waals surface area contributed by atoms with Crippen molar-refractivity contribution in [2.45, 2.75) is 6.61 Å². The van der Waals surface area contributed by atoms with Gasteiger partial charge in [0.25, 0.3) is 5.91 Å². The maximum absolute atomic E-state index is 12.2. The van der Waals surface area contributed by atoms with Crippen molar-refractivity contribution in [1.82, 2.24) is 0 Å². The molecular formula is C15H15NO3. The first kappa shape index (κ1) is 13.1. The Labute approximate surface area is 111 Å². The number of amides is 1. The average molecular weight is 257 g/mol. The van der Waals surface area contributed by atoms with Gasteiger partial charge in [-0.1, -0.05) is 30.3 Å². The summed E-state index contributed by atoms with van der Waals surface area (Å²) in [5, 5.41) is 12.3. The topological polar surface area (TPSA) is 58.6 Å². The predicted octanol–water partition coefficient (Wildman–Crippen LogP) is 2.79. The molecule has 0 spiro atoms. The number of hydrogen-bond acceptors (Lipinski definition) is 3. The molecule has 2 rings (SSSR count). The summed E-state index contributed by atoms with van der Waals surface area (Å²) in [6.07, 6.45) is 0. The Kier molecular flexibility index (Phi) is 4.15. The Morgan fingerprint density at radius 1 is 1.16 bits per heavy atom. The number of para-hydroxylation sites is 2. The van der Waals surface area contributed by atoms with Crippen molar-refractivity contribution in [2.24, 2.45) is 0 Å². The number of benzene rings is 2. The van der Waals surface area contributed by atoms with Crippen molar-refractivity contribution in [2.75, 3.05) is 12.4 Å². The molecule has 0 unspecified atom stereocenters. The minimum atomic E-state index is -0.269. The Balaban J connectivity index is 2.23. The molecule has 0 heterocycles. The quantitative estimate of drug-likeness (QED) is 0.828. The number of phenols is 1. The van der Waals surface area contributed by atoms with E-state index < -0.39 is 0 Å². The summed E-state index contributed by atoms with van der Waals surface area (Å²) in [6.45, 7) is 0.365. The molecule has 0 aliphatic carbocycles. The molecule has 0 bridgehead atoms. The number of aromatic hydroxyl groups is 1. The Morgan fingerprint density at radius 3 is 2.58 bits per heavy atom. The van der Waals surface area contributed by atoms with Gasteiger partial charge in [-0.2, -0.15) is 0 Å². The highest BCUT2D eigenvalue weighted by molar-refractivity contribution is 6.05. The smallest absolute Gasteiger partial charge is 0.256 e. The van der Waals surface area contributed by atoms with Gasteiger partial charge in [0.05, 0.1) is 12.3 Å². The molecule has 1 amide bonds. The van der Waals surface area contributed by atoms with Crippen LogP contribution in [0.5, 0.6) is 5.75 Å². The number of hydrogen-bond donors (Lipinski definition) is 2. The molecule has 0 aromatic heterocycles. The van der Waals surface area contributed by atoms with Crippen molar-refractivity contribution in [3.63, 3.8) is 0 Å². The van der Waals surface area contributed by atoms with E-state index in [2.05, 4.69) is 5.32 Å². The third kappa shape index (κ3) is 3.11. The van der Waals surface area contributed by atoms with Crippen LogP contribution in [0, 0.1) is 0 Å². The zero-order valence-electron chi connectivity index (χ0n) is 10.6. The fourth-order valence-electron chi connectivity index (χ4n) is 1.79. The SMILES string of the molecule is COCc1ccccc1C(=O)Nc1ccccc1O. The van der Waals surface area contributed by atoms with Crippen molar-refractivity contribution in [3.8, 4) is 5.75 Å². The van der Waals surface area contributed by atoms with Gasteiger partial charge in [-0.15, -0.1) is 0 Å². The van der Waals surface area contributed by atoms with Gasteiger partial charge >= 0.3 is 0 Å². The van der Waals surface area contributed by atoms with Crippen LogP contribution in [-0.4, -0.2) is 18.1 Å². The summed E-state index contributed by atoms with van der Waals surface area (Å²) in [7, 11) is 1.58. The van der Waals surface area contributed by atoms with Crippen LogP contribution in [0.3, 0.4) is 0 Å². The predicted molar refractivity (Wildman–Crippen MR) is 73.2 cm³/mol. The van der Waals surface area contributed by atoms with Crippen LogP contribution in [0.2, 0.25) is 0 Å². The molecule has 0 aliphatic heterocycles. The minimum absolute atomic E-state index is 0.0417. The lowest BCUT2D eigenvalue weighted by Gasteiger charge is -2.10. The van der Waals surface area contributed by atoms with Gasteiger partial charge in [-0.25, -0.2) is 0 Å². The Hall–Kier alpha value is -2.33. The first-order chi connectivity index (χ1) is 9.22. The summed E-state index contributed by atoms with van der Waals surface area (Å²) in [6, 6.07) is 13.8. The minimum Gasteiger partial charge on any atom is -0.506 e. The van der Waals surface area contributed by atoms with Gasteiger partial charge in [-0.3, -0.25) is 4.79 Å². The van der Waals surface area contributed by atoms with E-state index in [0.717, 1.165) is 5.56 Å². The number of nitrogens with one attached hydrogen (secondary N) is 1. The zero-order chi connectivity index (χ0) is 13.7. The van der Waals surface area contributed by atoms with Crippen molar-refractivity contribution < 1.29 is 14.6 Å². The molecule has 2 aromatic carbocycles. The number of ether oxygens (including phenoxy) is 1. The molecule has 2 N–H and O–H groups in total. The number of carbonyl (C=O) groups is 1. The number of rotatable bonds is 4. The summed E-state index contributed by atoms with van der Waals surface area (Å²) in [5.41, 5.74) is 1.73. The van der Waals surface area contributed by atoms with Gasteiger partial charge in [0, 0.05) is 12.7 Å². The molecular weight excluding hydrogens is 242 g/mol. The highest BCUT2D eigenvalue weighted by Crippen LogP contribution is 2.22. The third-order valence-corrected chi connectivity index (χ3v) is 2.71. The number of anilines is 1. The second-order valence-corrected chi connectivity index (χ2v) is 4.06. The molecule has 0 saturated heterocycles. The standard InChI is InChI=1S/C15H15NO3/c1-19-10-11-6-2-3-7-12(11)15(18)16-13-8-4-5-9-14(13)17/h2-9,17H,10H2,1H3,(H,16,18). The molecule has 0 saturated carbocycles. The fraction of sp³-hybridized carbons (Fsp3) is 0.133.